The Bertz CT molecular complexity index is 3200. The van der Waals surface area contributed by atoms with Crippen LogP contribution in [0.1, 0.15) is 37.7 Å². The molecule has 6 N–H and O–H groups in total. The number of hydrogen-bond donors (Lipinski definition) is 6. The number of nitrogens with one attached hydrogen (secondary N) is 6. The second-order valence-corrected chi connectivity index (χ2v) is 18.8. The number of aryl methyl sites for hydroxylation is 1. The van der Waals surface area contributed by atoms with E-state index in [0.717, 1.165) is 44.2 Å². The van der Waals surface area contributed by atoms with Gasteiger partial charge in [-0.25, -0.2) is 16.8 Å². The third-order valence-electron chi connectivity index (χ3n) is 10.9. The number of carbonyl (C=O) groups is 2. The van der Waals surface area contributed by atoms with Gasteiger partial charge in [-0.1, -0.05) is 42.5 Å². The minimum atomic E-state index is -3.79. The fraction of sp³-hybridized carbons (Fsp3) is 0.167. The van der Waals surface area contributed by atoms with Crippen molar-refractivity contribution in [1.82, 2.24) is 30.6 Å². The highest BCUT2D eigenvalue weighted by Crippen LogP contribution is 2.29. The fourth-order valence-electron chi connectivity index (χ4n) is 7.20. The third-order valence-corrected chi connectivity index (χ3v) is 13.7. The predicted molar refractivity (Wildman–Crippen MR) is 256 cm³/mol. The lowest BCUT2D eigenvalue weighted by molar-refractivity contribution is 0.0939. The monoisotopic (exact) mass is 941 g/mol. The topological polar surface area (TPSA) is 230 Å². The number of anilines is 3. The maximum atomic E-state index is 13.1. The highest BCUT2D eigenvalue weighted by Gasteiger charge is 2.21. The summed E-state index contributed by atoms with van der Waals surface area (Å²) >= 11 is 0. The van der Waals surface area contributed by atoms with E-state index in [9.17, 15) is 26.4 Å². The SMILES string of the molecule is COc1ccc(C)c(NS(=O)(=O)c2ccc(CNC(=O)c3cc4cnccc4[nH]3)cc2)c1.O=C(NCc1ccc(S(=O)(=O)Nc2ccccc2N2CCOCC2)cc1)c1cc2cnccc2[nH]1. The molecule has 0 bridgehead atoms. The van der Waals surface area contributed by atoms with Gasteiger partial charge in [-0.3, -0.25) is 29.0 Å². The second-order valence-electron chi connectivity index (χ2n) is 15.5. The normalized spacial score (nSPS) is 12.8. The highest BCUT2D eigenvalue weighted by atomic mass is 32.2. The Morgan fingerprint density at radius 1 is 0.657 bits per heavy atom. The number of carbonyl (C=O) groups excluding carboxylic acids is 2. The molecule has 1 aliphatic rings. The first-order valence-electron chi connectivity index (χ1n) is 21.1. The van der Waals surface area contributed by atoms with Crippen LogP contribution in [-0.2, 0) is 37.9 Å². The minimum Gasteiger partial charge on any atom is -0.497 e. The van der Waals surface area contributed by atoms with Crippen molar-refractivity contribution in [3.63, 3.8) is 0 Å². The number of sulfonamides is 2. The smallest absolute Gasteiger partial charge is 0.267 e. The number of aromatic amines is 2. The van der Waals surface area contributed by atoms with Gasteiger partial charge in [0.25, 0.3) is 31.9 Å². The Hall–Kier alpha value is -7.74. The summed E-state index contributed by atoms with van der Waals surface area (Å²) in [6, 6.07) is 32.4. The molecule has 0 unspecified atom stereocenters. The van der Waals surface area contributed by atoms with E-state index in [2.05, 4.69) is 44.9 Å². The first-order valence-corrected chi connectivity index (χ1v) is 24.0. The number of ether oxygens (including phenoxy) is 2. The quantitative estimate of drug-likeness (QED) is 0.0669. The lowest BCUT2D eigenvalue weighted by atomic mass is 10.2. The van der Waals surface area contributed by atoms with Gasteiger partial charge in [-0.2, -0.15) is 0 Å². The number of H-pyrrole nitrogens is 2. The van der Waals surface area contributed by atoms with Crippen molar-refractivity contribution in [2.24, 2.45) is 0 Å². The summed E-state index contributed by atoms with van der Waals surface area (Å²) in [5.74, 6) is 0.0537. The molecule has 67 heavy (non-hydrogen) atoms. The van der Waals surface area contributed by atoms with E-state index >= 15 is 0 Å². The molecule has 8 aromatic rings. The van der Waals surface area contributed by atoms with E-state index in [1.807, 2.05) is 19.1 Å². The molecule has 2 amide bonds. The van der Waals surface area contributed by atoms with E-state index in [1.165, 1.54) is 31.4 Å². The molecule has 0 aliphatic carbocycles. The summed E-state index contributed by atoms with van der Waals surface area (Å²) in [4.78, 5) is 41.5. The molecule has 0 radical (unpaired) electrons. The van der Waals surface area contributed by atoms with Gasteiger partial charge in [0.15, 0.2) is 0 Å². The van der Waals surface area contributed by atoms with Gasteiger partial charge in [0.1, 0.15) is 17.1 Å². The van der Waals surface area contributed by atoms with Crippen LogP contribution in [0.4, 0.5) is 17.1 Å². The molecule has 4 aromatic heterocycles. The number of benzene rings is 4. The number of morpholine rings is 1. The van der Waals surface area contributed by atoms with Crippen LogP contribution in [0.2, 0.25) is 0 Å². The second kappa shape index (κ2) is 20.2. The van der Waals surface area contributed by atoms with Gasteiger partial charge in [-0.15, -0.1) is 0 Å². The first kappa shape index (κ1) is 45.8. The summed E-state index contributed by atoms with van der Waals surface area (Å²) in [7, 11) is -6.03. The van der Waals surface area contributed by atoms with Gasteiger partial charge in [0.2, 0.25) is 0 Å². The van der Waals surface area contributed by atoms with Crippen LogP contribution in [0.15, 0.2) is 150 Å². The van der Waals surface area contributed by atoms with E-state index in [-0.39, 0.29) is 34.7 Å². The van der Waals surface area contributed by atoms with Crippen molar-refractivity contribution in [3.8, 4) is 5.75 Å². The van der Waals surface area contributed by atoms with Gasteiger partial charge < -0.3 is 35.0 Å². The molecule has 1 saturated heterocycles. The molecule has 19 heteroatoms. The third kappa shape index (κ3) is 11.2. The summed E-state index contributed by atoms with van der Waals surface area (Å²) in [6.07, 6.45) is 6.69. The zero-order chi connectivity index (χ0) is 47.0. The molecule has 1 fully saturated rings. The Labute approximate surface area is 387 Å². The highest BCUT2D eigenvalue weighted by molar-refractivity contribution is 7.93. The summed E-state index contributed by atoms with van der Waals surface area (Å²) < 4.78 is 67.5. The number of hydrogen-bond acceptors (Lipinski definition) is 11. The van der Waals surface area contributed by atoms with E-state index in [0.29, 0.717) is 54.8 Å². The van der Waals surface area contributed by atoms with E-state index in [4.69, 9.17) is 9.47 Å². The average Bonchev–Trinajstić information content (AvgIpc) is 4.00. The maximum Gasteiger partial charge on any atom is 0.267 e. The standard InChI is InChI=1S/C25H25N5O4S.C23H22N4O4S/c31-25(23-15-19-17-26-10-9-21(19)28-23)27-16-18-5-7-20(8-6-18)35(32,33)29-22-3-1-2-4-24(22)30-11-13-34-14-12-30;1-15-3-6-18(31-2)12-21(15)27-32(29,30)19-7-4-16(5-8-19)13-25-23(28)22-11-17-14-24-10-9-20(17)26-22/h1-10,15,17,28-29H,11-14,16H2,(H,27,31);3-12,14,26-27H,13H2,1-2H3,(H,25,28). The number of pyridine rings is 2. The maximum absolute atomic E-state index is 13.1. The molecule has 0 atom stereocenters. The molecule has 1 aliphatic heterocycles. The molecule has 17 nitrogen and oxygen atoms in total. The Kier molecular flexibility index (Phi) is 13.8. The zero-order valence-electron chi connectivity index (χ0n) is 36.4. The Morgan fingerprint density at radius 2 is 1.16 bits per heavy atom. The van der Waals surface area contributed by atoms with Gasteiger partial charge in [0, 0.05) is 78.8 Å². The summed E-state index contributed by atoms with van der Waals surface area (Å²) in [6.45, 7) is 4.96. The number of methoxy groups -OCH3 is 1. The van der Waals surface area contributed by atoms with Gasteiger partial charge in [-0.05, 0) is 90.3 Å². The van der Waals surface area contributed by atoms with Crippen molar-refractivity contribution in [2.75, 3.05) is 47.8 Å². The number of fused-ring (bicyclic) bond motifs is 2. The number of nitrogens with zero attached hydrogens (tertiary/aromatic N) is 3. The van der Waals surface area contributed by atoms with Gasteiger partial charge in [0.05, 0.1) is 47.2 Å². The largest absolute Gasteiger partial charge is 0.497 e. The van der Waals surface area contributed by atoms with Crippen molar-refractivity contribution < 1.29 is 35.9 Å². The Balaban J connectivity index is 0.000000182. The minimum absolute atomic E-state index is 0.123. The molecule has 9 rings (SSSR count). The van der Waals surface area contributed by atoms with Crippen LogP contribution < -0.4 is 29.7 Å². The molecular weight excluding hydrogens is 895 g/mol. The number of rotatable bonds is 14. The molecule has 4 aromatic carbocycles. The van der Waals surface area contributed by atoms with Crippen molar-refractivity contribution in [2.45, 2.75) is 29.8 Å². The summed E-state index contributed by atoms with van der Waals surface area (Å²) in [5.41, 5.74) is 6.68. The van der Waals surface area contributed by atoms with Crippen LogP contribution in [-0.4, -0.2) is 82.0 Å². The van der Waals surface area contributed by atoms with Crippen LogP contribution >= 0.6 is 0 Å². The van der Waals surface area contributed by atoms with E-state index < -0.39 is 20.0 Å². The van der Waals surface area contributed by atoms with Crippen molar-refractivity contribution in [3.05, 3.63) is 168 Å². The van der Waals surface area contributed by atoms with Crippen LogP contribution in [0.5, 0.6) is 5.75 Å². The molecule has 344 valence electrons. The Morgan fingerprint density at radius 3 is 1.67 bits per heavy atom. The molecule has 0 saturated carbocycles. The zero-order valence-corrected chi connectivity index (χ0v) is 38.1. The fourth-order valence-corrected chi connectivity index (χ4v) is 9.40. The first-order chi connectivity index (χ1) is 32.3. The van der Waals surface area contributed by atoms with Crippen molar-refractivity contribution in [1.29, 1.82) is 0 Å². The number of amides is 2. The van der Waals surface area contributed by atoms with Gasteiger partial charge >= 0.3 is 0 Å². The summed E-state index contributed by atoms with van der Waals surface area (Å²) in [5, 5.41) is 7.38. The van der Waals surface area contributed by atoms with Crippen LogP contribution in [0.25, 0.3) is 21.8 Å². The predicted octanol–water partition coefficient (Wildman–Crippen LogP) is 6.74. The lowest BCUT2D eigenvalue weighted by Crippen LogP contribution is -2.36. The van der Waals surface area contributed by atoms with Crippen molar-refractivity contribution >= 4 is 70.7 Å². The van der Waals surface area contributed by atoms with Crippen LogP contribution in [0.3, 0.4) is 0 Å². The van der Waals surface area contributed by atoms with Crippen LogP contribution in [0, 0.1) is 6.92 Å². The van der Waals surface area contributed by atoms with E-state index in [1.54, 1.807) is 104 Å². The lowest BCUT2D eigenvalue weighted by Gasteiger charge is -2.30. The number of para-hydroxylation sites is 2. The molecule has 0 spiro atoms. The number of aromatic nitrogens is 4. The average molecular weight is 942 g/mol. The molecule has 5 heterocycles. The molecular formula is C48H47N9O8S2.